The van der Waals surface area contributed by atoms with Crippen LogP contribution in [0.5, 0.6) is 0 Å². The van der Waals surface area contributed by atoms with E-state index in [4.69, 9.17) is 0 Å². The van der Waals surface area contributed by atoms with Crippen LogP contribution in [0, 0.1) is 20.8 Å². The van der Waals surface area contributed by atoms with Gasteiger partial charge in [0.2, 0.25) is 5.91 Å². The first-order valence-corrected chi connectivity index (χ1v) is 9.40. The SMILES string of the molecule is Cc1cccc(NC(=O)CSc2ccc(-c3ccc(C)c(C)c3)nn2)c1. The van der Waals surface area contributed by atoms with E-state index in [0.29, 0.717) is 5.75 Å². The minimum Gasteiger partial charge on any atom is -0.325 e. The fourth-order valence-electron chi connectivity index (χ4n) is 2.51. The molecule has 0 aliphatic carbocycles. The second-order valence-electron chi connectivity index (χ2n) is 6.26. The lowest BCUT2D eigenvalue weighted by Crippen LogP contribution is -2.14. The maximum absolute atomic E-state index is 12.1. The molecule has 0 fully saturated rings. The largest absolute Gasteiger partial charge is 0.325 e. The van der Waals surface area contributed by atoms with Crippen LogP contribution in [0.3, 0.4) is 0 Å². The molecule has 3 rings (SSSR count). The number of carbonyl (C=O) groups is 1. The maximum Gasteiger partial charge on any atom is 0.234 e. The number of nitrogens with zero attached hydrogens (tertiary/aromatic N) is 2. The van der Waals surface area contributed by atoms with Crippen molar-refractivity contribution in [3.05, 3.63) is 71.3 Å². The predicted octanol–water partition coefficient (Wildman–Crippen LogP) is 4.80. The van der Waals surface area contributed by atoms with Gasteiger partial charge in [-0.1, -0.05) is 36.0 Å². The van der Waals surface area contributed by atoms with Crippen LogP contribution in [0.2, 0.25) is 0 Å². The third-order valence-corrected chi connectivity index (χ3v) is 5.02. The molecular weight excluding hydrogens is 342 g/mol. The minimum absolute atomic E-state index is 0.0550. The van der Waals surface area contributed by atoms with Gasteiger partial charge in [0.1, 0.15) is 5.03 Å². The van der Waals surface area contributed by atoms with Crippen molar-refractivity contribution in [2.24, 2.45) is 0 Å². The van der Waals surface area contributed by atoms with Gasteiger partial charge in [0.15, 0.2) is 0 Å². The van der Waals surface area contributed by atoms with Gasteiger partial charge in [-0.25, -0.2) is 0 Å². The van der Waals surface area contributed by atoms with E-state index in [1.54, 1.807) is 0 Å². The molecule has 4 nitrogen and oxygen atoms in total. The van der Waals surface area contributed by atoms with Crippen LogP contribution in [-0.2, 0) is 4.79 Å². The Morgan fingerprint density at radius 1 is 0.962 bits per heavy atom. The Labute approximate surface area is 158 Å². The average molecular weight is 363 g/mol. The summed E-state index contributed by atoms with van der Waals surface area (Å²) in [5.41, 5.74) is 6.30. The predicted molar refractivity (Wildman–Crippen MR) is 107 cm³/mol. The summed E-state index contributed by atoms with van der Waals surface area (Å²) in [6.07, 6.45) is 0. The first kappa shape index (κ1) is 18.1. The number of nitrogens with one attached hydrogen (secondary N) is 1. The smallest absolute Gasteiger partial charge is 0.234 e. The van der Waals surface area contributed by atoms with E-state index in [1.807, 2.05) is 43.3 Å². The van der Waals surface area contributed by atoms with Gasteiger partial charge >= 0.3 is 0 Å². The molecule has 3 aromatic rings. The zero-order chi connectivity index (χ0) is 18.5. The molecule has 0 aliphatic rings. The highest BCUT2D eigenvalue weighted by atomic mass is 32.2. The van der Waals surface area contributed by atoms with Crippen LogP contribution < -0.4 is 5.32 Å². The highest BCUT2D eigenvalue weighted by molar-refractivity contribution is 7.99. The summed E-state index contributed by atoms with van der Waals surface area (Å²) in [6, 6.07) is 17.8. The number of amides is 1. The fraction of sp³-hybridized carbons (Fsp3) is 0.190. The van der Waals surface area contributed by atoms with E-state index in [-0.39, 0.29) is 5.91 Å². The lowest BCUT2D eigenvalue weighted by atomic mass is 10.0. The Hall–Kier alpha value is -2.66. The number of carbonyl (C=O) groups excluding carboxylic acids is 1. The molecule has 1 aromatic heterocycles. The minimum atomic E-state index is -0.0550. The van der Waals surface area contributed by atoms with Crippen molar-refractivity contribution in [2.75, 3.05) is 11.1 Å². The Kier molecular flexibility index (Phi) is 5.68. The zero-order valence-corrected chi connectivity index (χ0v) is 15.9. The van der Waals surface area contributed by atoms with Crippen molar-refractivity contribution >= 4 is 23.4 Å². The fourth-order valence-corrected chi connectivity index (χ4v) is 3.13. The Bertz CT molecular complexity index is 923. The molecule has 26 heavy (non-hydrogen) atoms. The molecule has 2 aromatic carbocycles. The molecule has 0 bridgehead atoms. The van der Waals surface area contributed by atoms with Crippen LogP contribution in [0.1, 0.15) is 16.7 Å². The highest BCUT2D eigenvalue weighted by Crippen LogP contribution is 2.22. The molecule has 0 saturated carbocycles. The Balaban J connectivity index is 1.59. The number of anilines is 1. The van der Waals surface area contributed by atoms with Gasteiger partial charge in [-0.3, -0.25) is 4.79 Å². The summed E-state index contributed by atoms with van der Waals surface area (Å²) >= 11 is 1.38. The van der Waals surface area contributed by atoms with Crippen molar-refractivity contribution in [2.45, 2.75) is 25.8 Å². The standard InChI is InChI=1S/C21H21N3OS/c1-14-5-4-6-18(11-14)22-20(25)13-26-21-10-9-19(23-24-21)17-8-7-15(2)16(3)12-17/h4-12H,13H2,1-3H3,(H,22,25). The van der Waals surface area contributed by atoms with Gasteiger partial charge in [0.25, 0.3) is 0 Å². The molecule has 5 heteroatoms. The molecule has 132 valence electrons. The number of aromatic nitrogens is 2. The van der Waals surface area contributed by atoms with Gasteiger partial charge in [0.05, 0.1) is 11.4 Å². The molecule has 1 heterocycles. The van der Waals surface area contributed by atoms with Crippen molar-refractivity contribution in [3.63, 3.8) is 0 Å². The molecule has 0 saturated heterocycles. The van der Waals surface area contributed by atoms with E-state index < -0.39 is 0 Å². The second kappa shape index (κ2) is 8.15. The molecule has 0 aliphatic heterocycles. The van der Waals surface area contributed by atoms with Crippen LogP contribution in [0.4, 0.5) is 5.69 Å². The van der Waals surface area contributed by atoms with Crippen LogP contribution in [0.25, 0.3) is 11.3 Å². The zero-order valence-electron chi connectivity index (χ0n) is 15.1. The summed E-state index contributed by atoms with van der Waals surface area (Å²) in [5.74, 6) is 0.242. The first-order valence-electron chi connectivity index (χ1n) is 8.42. The first-order chi connectivity index (χ1) is 12.5. The van der Waals surface area contributed by atoms with Crippen molar-refractivity contribution in [1.29, 1.82) is 0 Å². The summed E-state index contributed by atoms with van der Waals surface area (Å²) in [5, 5.41) is 12.2. The highest BCUT2D eigenvalue weighted by Gasteiger charge is 2.07. The van der Waals surface area contributed by atoms with Gasteiger partial charge in [-0.05, 0) is 67.8 Å². The maximum atomic E-state index is 12.1. The number of thioether (sulfide) groups is 1. The number of hydrogen-bond acceptors (Lipinski definition) is 4. The number of aryl methyl sites for hydroxylation is 3. The molecule has 0 radical (unpaired) electrons. The van der Waals surface area contributed by atoms with E-state index in [1.165, 1.54) is 22.9 Å². The summed E-state index contributed by atoms with van der Waals surface area (Å²) < 4.78 is 0. The summed E-state index contributed by atoms with van der Waals surface area (Å²) in [4.78, 5) is 12.1. The molecule has 0 atom stereocenters. The monoisotopic (exact) mass is 363 g/mol. The number of benzene rings is 2. The van der Waals surface area contributed by atoms with E-state index in [0.717, 1.165) is 27.5 Å². The van der Waals surface area contributed by atoms with Gasteiger partial charge in [-0.15, -0.1) is 10.2 Å². The van der Waals surface area contributed by atoms with Crippen LogP contribution in [0.15, 0.2) is 59.6 Å². The molecule has 0 unspecified atom stereocenters. The quantitative estimate of drug-likeness (QED) is 0.662. The van der Waals surface area contributed by atoms with Gasteiger partial charge in [0, 0.05) is 11.3 Å². The number of rotatable bonds is 5. The van der Waals surface area contributed by atoms with E-state index in [9.17, 15) is 4.79 Å². The van der Waals surface area contributed by atoms with Crippen molar-refractivity contribution in [1.82, 2.24) is 10.2 Å². The second-order valence-corrected chi connectivity index (χ2v) is 7.26. The van der Waals surface area contributed by atoms with E-state index >= 15 is 0 Å². The summed E-state index contributed by atoms with van der Waals surface area (Å²) in [7, 11) is 0. The van der Waals surface area contributed by atoms with Crippen LogP contribution in [-0.4, -0.2) is 21.9 Å². The van der Waals surface area contributed by atoms with Crippen molar-refractivity contribution in [3.8, 4) is 11.3 Å². The molecular formula is C21H21N3OS. The molecule has 1 N–H and O–H groups in total. The van der Waals surface area contributed by atoms with Gasteiger partial charge < -0.3 is 5.32 Å². The van der Waals surface area contributed by atoms with Crippen molar-refractivity contribution < 1.29 is 4.79 Å². The third-order valence-electron chi connectivity index (χ3n) is 4.10. The van der Waals surface area contributed by atoms with Gasteiger partial charge in [-0.2, -0.15) is 0 Å². The lowest BCUT2D eigenvalue weighted by molar-refractivity contribution is -0.113. The van der Waals surface area contributed by atoms with E-state index in [2.05, 4.69) is 47.6 Å². The molecule has 0 spiro atoms. The lowest BCUT2D eigenvalue weighted by Gasteiger charge is -2.06. The Morgan fingerprint density at radius 3 is 2.50 bits per heavy atom. The van der Waals surface area contributed by atoms with Crippen LogP contribution >= 0.6 is 11.8 Å². The third kappa shape index (κ3) is 4.70. The number of hydrogen-bond donors (Lipinski definition) is 1. The topological polar surface area (TPSA) is 54.9 Å². The average Bonchev–Trinajstić information content (AvgIpc) is 2.63. The Morgan fingerprint density at radius 2 is 1.81 bits per heavy atom. The normalized spacial score (nSPS) is 10.6. The summed E-state index contributed by atoms with van der Waals surface area (Å²) in [6.45, 7) is 6.17. The molecule has 1 amide bonds.